The number of hydrogen-bond acceptors (Lipinski definition) is 3. The Bertz CT molecular complexity index is 632. The molecule has 3 heteroatoms. The lowest BCUT2D eigenvalue weighted by molar-refractivity contribution is 0.450. The van der Waals surface area contributed by atoms with E-state index >= 15 is 0 Å². The first-order chi connectivity index (χ1) is 9.52. The van der Waals surface area contributed by atoms with Crippen molar-refractivity contribution in [3.63, 3.8) is 0 Å². The van der Waals surface area contributed by atoms with Gasteiger partial charge >= 0.3 is 0 Å². The van der Waals surface area contributed by atoms with Gasteiger partial charge < -0.3 is 15.3 Å². The molecule has 0 aliphatic carbocycles. The van der Waals surface area contributed by atoms with Gasteiger partial charge in [-0.1, -0.05) is 35.9 Å². The molecule has 0 bridgehead atoms. The smallest absolute Gasteiger partial charge is 0.119 e. The van der Waals surface area contributed by atoms with Crippen molar-refractivity contribution < 1.29 is 15.3 Å². The van der Waals surface area contributed by atoms with Crippen LogP contribution in [0.4, 0.5) is 0 Å². The summed E-state index contributed by atoms with van der Waals surface area (Å²) in [4.78, 5) is 0. The van der Waals surface area contributed by atoms with E-state index in [0.717, 1.165) is 16.7 Å². The Morgan fingerprint density at radius 2 is 1.40 bits per heavy atom. The number of aromatic hydroxyl groups is 3. The average Bonchev–Trinajstić information content (AvgIpc) is 2.37. The summed E-state index contributed by atoms with van der Waals surface area (Å²) in [6, 6.07) is 11.4. The summed E-state index contributed by atoms with van der Waals surface area (Å²) in [5.41, 5.74) is 2.69. The first-order valence-corrected chi connectivity index (χ1v) is 6.21. The minimum atomic E-state index is 0.0339. The molecule has 0 saturated carbocycles. The lowest BCUT2D eigenvalue weighted by atomic mass is 10.1. The maximum Gasteiger partial charge on any atom is 0.119 e. The number of allylic oxidation sites excluding steroid dienone is 2. The van der Waals surface area contributed by atoms with Gasteiger partial charge in [-0.2, -0.15) is 0 Å². The third-order valence-corrected chi connectivity index (χ3v) is 2.75. The maximum absolute atomic E-state index is 9.41. The van der Waals surface area contributed by atoms with Crippen LogP contribution in [0, 0.1) is 0 Å². The highest BCUT2D eigenvalue weighted by Crippen LogP contribution is 2.22. The van der Waals surface area contributed by atoms with E-state index in [1.165, 1.54) is 6.07 Å². The van der Waals surface area contributed by atoms with Crippen molar-refractivity contribution in [2.75, 3.05) is 0 Å². The monoisotopic (exact) mass is 268 g/mol. The fourth-order valence-electron chi connectivity index (χ4n) is 1.83. The second-order valence-corrected chi connectivity index (χ2v) is 4.60. The van der Waals surface area contributed by atoms with Crippen LogP contribution in [-0.2, 0) is 0 Å². The number of hydrogen-bond donors (Lipinski definition) is 3. The van der Waals surface area contributed by atoms with Gasteiger partial charge in [-0.25, -0.2) is 0 Å². The molecular formula is C17H16O3. The lowest BCUT2D eigenvalue weighted by Gasteiger charge is -2.00. The molecule has 0 unspecified atom stereocenters. The van der Waals surface area contributed by atoms with Gasteiger partial charge in [0.15, 0.2) is 0 Å². The van der Waals surface area contributed by atoms with Crippen LogP contribution in [0.2, 0.25) is 0 Å². The number of phenolic OH excluding ortho intramolecular Hbond substituents is 3. The topological polar surface area (TPSA) is 60.7 Å². The Balaban J connectivity index is 2.16. The maximum atomic E-state index is 9.41. The Kier molecular flexibility index (Phi) is 4.11. The van der Waals surface area contributed by atoms with Crippen LogP contribution in [0.5, 0.6) is 17.2 Å². The summed E-state index contributed by atoms with van der Waals surface area (Å²) in [7, 11) is 0. The summed E-state index contributed by atoms with van der Waals surface area (Å²) < 4.78 is 0. The van der Waals surface area contributed by atoms with Gasteiger partial charge in [0.05, 0.1) is 0 Å². The molecule has 0 saturated heterocycles. The molecule has 0 radical (unpaired) electrons. The van der Waals surface area contributed by atoms with E-state index in [0.29, 0.717) is 0 Å². The van der Waals surface area contributed by atoms with Gasteiger partial charge in [-0.05, 0) is 42.3 Å². The molecule has 2 rings (SSSR count). The Hall–Kier alpha value is -2.68. The highest BCUT2D eigenvalue weighted by Gasteiger charge is 1.96. The SMILES string of the molecule is CC(C=Cc1ccc(O)cc1)=Cc1cc(O)cc(O)c1. The van der Waals surface area contributed by atoms with E-state index in [2.05, 4.69) is 0 Å². The third kappa shape index (κ3) is 3.92. The molecule has 0 aromatic heterocycles. The van der Waals surface area contributed by atoms with Crippen LogP contribution in [0.3, 0.4) is 0 Å². The third-order valence-electron chi connectivity index (χ3n) is 2.75. The van der Waals surface area contributed by atoms with Crippen molar-refractivity contribution in [1.29, 1.82) is 0 Å². The molecule has 0 atom stereocenters. The van der Waals surface area contributed by atoms with Gasteiger partial charge in [-0.15, -0.1) is 0 Å². The minimum absolute atomic E-state index is 0.0339. The number of rotatable bonds is 3. The van der Waals surface area contributed by atoms with Crippen LogP contribution in [-0.4, -0.2) is 15.3 Å². The van der Waals surface area contributed by atoms with Crippen LogP contribution in [0.1, 0.15) is 18.1 Å². The van der Waals surface area contributed by atoms with Crippen molar-refractivity contribution in [2.45, 2.75) is 6.92 Å². The first-order valence-electron chi connectivity index (χ1n) is 6.21. The molecule has 0 aliphatic heterocycles. The largest absolute Gasteiger partial charge is 0.508 e. The molecular weight excluding hydrogens is 252 g/mol. The second kappa shape index (κ2) is 5.97. The fraction of sp³-hybridized carbons (Fsp3) is 0.0588. The van der Waals surface area contributed by atoms with Crippen molar-refractivity contribution in [1.82, 2.24) is 0 Å². The quantitative estimate of drug-likeness (QED) is 0.739. The van der Waals surface area contributed by atoms with E-state index in [-0.39, 0.29) is 17.2 Å². The second-order valence-electron chi connectivity index (χ2n) is 4.60. The van der Waals surface area contributed by atoms with E-state index in [1.54, 1.807) is 24.3 Å². The van der Waals surface area contributed by atoms with Gasteiger partial charge in [0.2, 0.25) is 0 Å². The molecule has 0 fully saturated rings. The van der Waals surface area contributed by atoms with Crippen molar-refractivity contribution in [3.05, 3.63) is 65.2 Å². The normalized spacial score (nSPS) is 11.9. The molecule has 0 spiro atoms. The van der Waals surface area contributed by atoms with Crippen LogP contribution >= 0.6 is 0 Å². The zero-order chi connectivity index (χ0) is 14.5. The molecule has 2 aromatic rings. The first kappa shape index (κ1) is 13.7. The summed E-state index contributed by atoms with van der Waals surface area (Å²) >= 11 is 0. The van der Waals surface area contributed by atoms with Gasteiger partial charge in [0.1, 0.15) is 17.2 Å². The Morgan fingerprint density at radius 3 is 2.00 bits per heavy atom. The summed E-state index contributed by atoms with van der Waals surface area (Å²) in [5, 5.41) is 28.0. The van der Waals surface area contributed by atoms with Crippen molar-refractivity contribution in [2.24, 2.45) is 0 Å². The van der Waals surface area contributed by atoms with E-state index < -0.39 is 0 Å². The highest BCUT2D eigenvalue weighted by atomic mass is 16.3. The lowest BCUT2D eigenvalue weighted by Crippen LogP contribution is -1.76. The molecule has 3 N–H and O–H groups in total. The minimum Gasteiger partial charge on any atom is -0.508 e. The molecule has 102 valence electrons. The van der Waals surface area contributed by atoms with Gasteiger partial charge in [-0.3, -0.25) is 0 Å². The van der Waals surface area contributed by atoms with Crippen LogP contribution in [0.15, 0.2) is 54.1 Å². The molecule has 20 heavy (non-hydrogen) atoms. The average molecular weight is 268 g/mol. The summed E-state index contributed by atoms with van der Waals surface area (Å²) in [6.07, 6.45) is 5.71. The van der Waals surface area contributed by atoms with Gasteiger partial charge in [0.25, 0.3) is 0 Å². The van der Waals surface area contributed by atoms with Gasteiger partial charge in [0, 0.05) is 6.07 Å². The Labute approximate surface area is 117 Å². The summed E-state index contributed by atoms with van der Waals surface area (Å²) in [6.45, 7) is 1.93. The van der Waals surface area contributed by atoms with E-state index in [9.17, 15) is 15.3 Å². The molecule has 0 aliphatic rings. The predicted molar refractivity (Wildman–Crippen MR) is 80.6 cm³/mol. The molecule has 2 aromatic carbocycles. The Morgan fingerprint density at radius 1 is 0.800 bits per heavy atom. The summed E-state index contributed by atoms with van der Waals surface area (Å²) in [5.74, 6) is 0.308. The van der Waals surface area contributed by atoms with Crippen molar-refractivity contribution >= 4 is 12.2 Å². The zero-order valence-electron chi connectivity index (χ0n) is 11.1. The van der Waals surface area contributed by atoms with E-state index in [4.69, 9.17) is 0 Å². The fourth-order valence-corrected chi connectivity index (χ4v) is 1.83. The van der Waals surface area contributed by atoms with Crippen molar-refractivity contribution in [3.8, 4) is 17.2 Å². The standard InChI is InChI=1S/C17H16O3/c1-12(2-3-13-4-6-15(18)7-5-13)8-14-9-16(19)11-17(20)10-14/h2-11,18-20H,1H3. The molecule has 3 nitrogen and oxygen atoms in total. The highest BCUT2D eigenvalue weighted by molar-refractivity contribution is 5.63. The number of benzene rings is 2. The molecule has 0 heterocycles. The van der Waals surface area contributed by atoms with E-state index in [1.807, 2.05) is 37.3 Å². The zero-order valence-corrected chi connectivity index (χ0v) is 11.1. The number of phenols is 3. The predicted octanol–water partition coefficient (Wildman–Crippen LogP) is 3.92. The molecule has 0 amide bonds. The van der Waals surface area contributed by atoms with Crippen LogP contribution < -0.4 is 0 Å². The van der Waals surface area contributed by atoms with Crippen LogP contribution in [0.25, 0.3) is 12.2 Å².